The van der Waals surface area contributed by atoms with Gasteiger partial charge < -0.3 is 44.8 Å². The summed E-state index contributed by atoms with van der Waals surface area (Å²) in [6, 6.07) is 0. The van der Waals surface area contributed by atoms with Crippen molar-refractivity contribution in [2.24, 2.45) is 0 Å². The van der Waals surface area contributed by atoms with Crippen molar-refractivity contribution in [1.82, 2.24) is 4.90 Å². The number of carboxylic acids is 6. The van der Waals surface area contributed by atoms with Crippen molar-refractivity contribution in [2.45, 2.75) is 57.2 Å². The first-order chi connectivity index (χ1) is 15.6. The highest BCUT2D eigenvalue weighted by Gasteiger charge is 2.70. The Kier molecular flexibility index (Phi) is 11.0. The van der Waals surface area contributed by atoms with Crippen LogP contribution in [0.3, 0.4) is 0 Å². The van der Waals surface area contributed by atoms with Gasteiger partial charge in [-0.15, -0.1) is 0 Å². The quantitative estimate of drug-likeness (QED) is 0.126. The van der Waals surface area contributed by atoms with E-state index >= 15 is 0 Å². The van der Waals surface area contributed by atoms with E-state index in [9.17, 15) is 59.4 Å². The Morgan fingerprint density at radius 1 is 0.529 bits per heavy atom. The van der Waals surface area contributed by atoms with Gasteiger partial charge in [-0.25, -0.2) is 14.4 Å². The van der Waals surface area contributed by atoms with Gasteiger partial charge in [-0.2, -0.15) is 4.90 Å². The van der Waals surface area contributed by atoms with E-state index in [0.29, 0.717) is 0 Å². The lowest BCUT2D eigenvalue weighted by molar-refractivity contribution is -0.333. The van der Waals surface area contributed by atoms with E-state index in [1.807, 2.05) is 0 Å². The van der Waals surface area contributed by atoms with Crippen molar-refractivity contribution in [2.75, 3.05) is 19.8 Å². The highest BCUT2D eigenvalue weighted by molar-refractivity contribution is 5.91. The maximum Gasteiger partial charge on any atom is 0.352 e. The number of hydrogen-bond acceptors (Lipinski definition) is 10. The van der Waals surface area contributed by atoms with Gasteiger partial charge in [0.1, 0.15) is 0 Å². The topological polar surface area (TPSA) is 255 Å². The third-order valence-electron chi connectivity index (χ3n) is 4.41. The highest BCUT2D eigenvalue weighted by atomic mass is 16.6. The van der Waals surface area contributed by atoms with Gasteiger partial charge in [-0.05, 0) is 20.8 Å². The molecule has 3 unspecified atom stereocenters. The van der Waals surface area contributed by atoms with Crippen LogP contribution < -0.4 is 0 Å². The molecule has 0 aromatic carbocycles. The first kappa shape index (κ1) is 30.7. The Labute approximate surface area is 192 Å². The Bertz CT molecular complexity index is 709. The third-order valence-corrected chi connectivity index (χ3v) is 4.41. The molecule has 0 amide bonds. The minimum absolute atomic E-state index is 0.271. The Hall–Kier alpha value is -3.34. The molecule has 16 nitrogen and oxygen atoms in total. The van der Waals surface area contributed by atoms with Crippen LogP contribution in [-0.2, 0) is 43.0 Å². The molecule has 6 N–H and O–H groups in total. The van der Waals surface area contributed by atoms with Gasteiger partial charge in [0, 0.05) is 19.8 Å². The van der Waals surface area contributed by atoms with Crippen LogP contribution in [0.25, 0.3) is 0 Å². The number of carbonyl (C=O) groups is 6. The normalized spacial score (nSPS) is 16.6. The van der Waals surface area contributed by atoms with Gasteiger partial charge in [0.15, 0.2) is 0 Å². The number of ether oxygens (including phenoxy) is 3. The van der Waals surface area contributed by atoms with E-state index in [1.54, 1.807) is 0 Å². The molecular weight excluding hydrogens is 470 g/mol. The van der Waals surface area contributed by atoms with Crippen LogP contribution in [0.15, 0.2) is 0 Å². The van der Waals surface area contributed by atoms with Gasteiger partial charge in [-0.3, -0.25) is 14.4 Å². The number of nitrogens with zero attached hydrogens (tertiary/aromatic N) is 1. The second-order valence-corrected chi connectivity index (χ2v) is 6.61. The largest absolute Gasteiger partial charge is 0.481 e. The number of rotatable bonds is 18. The van der Waals surface area contributed by atoms with Crippen molar-refractivity contribution >= 4 is 35.8 Å². The molecule has 3 atom stereocenters. The Morgan fingerprint density at radius 2 is 0.735 bits per heavy atom. The van der Waals surface area contributed by atoms with Gasteiger partial charge in [-0.1, -0.05) is 0 Å². The fraction of sp³-hybridized carbons (Fsp3) is 0.667. The monoisotopic (exact) mass is 497 g/mol. The summed E-state index contributed by atoms with van der Waals surface area (Å²) in [6.45, 7) is 1.45. The standard InChI is InChI=1S/C18H27NO15/c1-4-32-16(13(26)27,7-10(20)21)19(17(14(28)29,33-5-2)8-11(22)23)18(15(30)31,34-6-3)9-12(24)25/h4-9H2,1-3H3,(H,20,21)(H,22,23)(H,24,25)(H,26,27)(H,28,29)(H,30,31). The molecule has 194 valence electrons. The van der Waals surface area contributed by atoms with E-state index in [0.717, 1.165) is 20.8 Å². The van der Waals surface area contributed by atoms with Crippen molar-refractivity contribution in [3.63, 3.8) is 0 Å². The molecule has 34 heavy (non-hydrogen) atoms. The highest BCUT2D eigenvalue weighted by Crippen LogP contribution is 2.43. The summed E-state index contributed by atoms with van der Waals surface area (Å²) >= 11 is 0. The summed E-state index contributed by atoms with van der Waals surface area (Å²) in [4.78, 5) is 72.2. The summed E-state index contributed by atoms with van der Waals surface area (Å²) in [7, 11) is 0. The second kappa shape index (κ2) is 12.2. The maximum absolute atomic E-state index is 12.5. The molecule has 0 bridgehead atoms. The molecule has 0 aromatic heterocycles. The molecule has 0 aromatic rings. The zero-order valence-electron chi connectivity index (χ0n) is 18.5. The second-order valence-electron chi connectivity index (χ2n) is 6.61. The van der Waals surface area contributed by atoms with Crippen molar-refractivity contribution in [3.8, 4) is 0 Å². The van der Waals surface area contributed by atoms with Gasteiger partial charge >= 0.3 is 35.8 Å². The zero-order valence-corrected chi connectivity index (χ0v) is 18.5. The molecule has 0 fully saturated rings. The molecule has 0 rings (SSSR count). The van der Waals surface area contributed by atoms with E-state index in [2.05, 4.69) is 0 Å². The SMILES string of the molecule is CCOC(CC(=O)O)(C(=O)O)N(C(CC(=O)O)(OCC)C(=O)O)C(CC(=O)O)(OCC)C(=O)O. The van der Waals surface area contributed by atoms with E-state index in [-0.39, 0.29) is 4.90 Å². The number of carboxylic acid groups (broad SMARTS) is 6. The number of aliphatic carboxylic acids is 6. The molecule has 0 aliphatic heterocycles. The fourth-order valence-corrected chi connectivity index (χ4v) is 3.49. The molecule has 0 aliphatic rings. The number of hydrogen-bond donors (Lipinski definition) is 6. The lowest BCUT2D eigenvalue weighted by atomic mass is 9.91. The lowest BCUT2D eigenvalue weighted by Gasteiger charge is -2.54. The summed E-state index contributed by atoms with van der Waals surface area (Å²) in [6.07, 6.45) is -5.00. The molecule has 0 radical (unpaired) electrons. The molecule has 0 saturated carbocycles. The molecule has 16 heteroatoms. The van der Waals surface area contributed by atoms with Gasteiger partial charge in [0.05, 0.1) is 19.3 Å². The average Bonchev–Trinajstić information content (AvgIpc) is 2.66. The predicted molar refractivity (Wildman–Crippen MR) is 105 cm³/mol. The van der Waals surface area contributed by atoms with Gasteiger partial charge in [0.2, 0.25) is 17.2 Å². The molecule has 0 aliphatic carbocycles. The molecule has 0 heterocycles. The summed E-state index contributed by atoms with van der Waals surface area (Å²) < 4.78 is 15.3. The fourth-order valence-electron chi connectivity index (χ4n) is 3.49. The molecular formula is C18H27NO15. The van der Waals surface area contributed by atoms with Crippen LogP contribution in [0, 0.1) is 0 Å². The van der Waals surface area contributed by atoms with Crippen LogP contribution in [0.2, 0.25) is 0 Å². The minimum Gasteiger partial charge on any atom is -0.481 e. The van der Waals surface area contributed by atoms with Crippen LogP contribution in [-0.4, -0.2) is 108 Å². The average molecular weight is 497 g/mol. The molecule has 0 saturated heterocycles. The first-order valence-corrected chi connectivity index (χ1v) is 9.71. The van der Waals surface area contributed by atoms with Gasteiger partial charge in [0.25, 0.3) is 0 Å². The van der Waals surface area contributed by atoms with Crippen molar-refractivity contribution < 1.29 is 73.6 Å². The van der Waals surface area contributed by atoms with Crippen molar-refractivity contribution in [3.05, 3.63) is 0 Å². The van der Waals surface area contributed by atoms with Crippen LogP contribution in [0.4, 0.5) is 0 Å². The van der Waals surface area contributed by atoms with Crippen LogP contribution in [0.1, 0.15) is 40.0 Å². The first-order valence-electron chi connectivity index (χ1n) is 9.71. The third kappa shape index (κ3) is 6.16. The maximum atomic E-state index is 12.5. The smallest absolute Gasteiger partial charge is 0.352 e. The summed E-state index contributed by atoms with van der Waals surface area (Å²) in [5, 5.41) is 58.4. The van der Waals surface area contributed by atoms with E-state index < -0.39 is 92.1 Å². The van der Waals surface area contributed by atoms with E-state index in [1.165, 1.54) is 0 Å². The van der Waals surface area contributed by atoms with Crippen LogP contribution >= 0.6 is 0 Å². The predicted octanol–water partition coefficient (Wildman–Crippen LogP) is -0.835. The zero-order chi connectivity index (χ0) is 26.9. The summed E-state index contributed by atoms with van der Waals surface area (Å²) in [5.74, 6) is -12.7. The minimum atomic E-state index is -3.49. The van der Waals surface area contributed by atoms with Crippen LogP contribution in [0.5, 0.6) is 0 Å². The Morgan fingerprint density at radius 3 is 0.853 bits per heavy atom. The summed E-state index contributed by atoms with van der Waals surface area (Å²) in [5.41, 5.74) is -10.5. The van der Waals surface area contributed by atoms with E-state index in [4.69, 9.17) is 14.2 Å². The Balaban J connectivity index is 8.15. The lowest BCUT2D eigenvalue weighted by Crippen LogP contribution is -2.79. The van der Waals surface area contributed by atoms with Crippen molar-refractivity contribution in [1.29, 1.82) is 0 Å². The molecule has 0 spiro atoms.